The summed E-state index contributed by atoms with van der Waals surface area (Å²) in [4.78, 5) is 57.7. The first kappa shape index (κ1) is 122. The number of aliphatic hydroxyl groups excluding tert-OH is 8. The predicted octanol–water partition coefficient (Wildman–Crippen LogP) is 7.76. The largest absolute Gasteiger partial charge is 0.748 e. The molecule has 0 aromatic heterocycles. The highest BCUT2D eigenvalue weighted by molar-refractivity contribution is 7.86. The van der Waals surface area contributed by atoms with E-state index in [-0.39, 0.29) is 73.0 Å². The van der Waals surface area contributed by atoms with Gasteiger partial charge in [-0.1, -0.05) is 118 Å². The fourth-order valence-electron chi connectivity index (χ4n) is 19.0. The summed E-state index contributed by atoms with van der Waals surface area (Å²) in [5.74, 6) is -2.90. The predicted molar refractivity (Wildman–Crippen MR) is 538 cm³/mol. The Bertz CT molecular complexity index is 6180. The zero-order chi connectivity index (χ0) is 108. The number of aliphatic hydroxyl groups is 8. The third kappa shape index (κ3) is 33.8. The number of ketones is 1. The Balaban J connectivity index is 0.000000299. The number of nitrogens with two attached hydrogens (primary N) is 1. The minimum atomic E-state index is -4.52. The Kier molecular flexibility index (Phi) is 45.9. The van der Waals surface area contributed by atoms with E-state index in [4.69, 9.17) is 47.3 Å². The number of benzene rings is 4. The van der Waals surface area contributed by atoms with Gasteiger partial charge < -0.3 is 84.7 Å². The number of Topliss-reactive ketones (excluding diaryl/α,β-unsaturated/α-hetero) is 1. The quantitative estimate of drug-likeness (QED) is 0.00660. The van der Waals surface area contributed by atoms with Crippen LogP contribution in [0.2, 0.25) is 0 Å². The van der Waals surface area contributed by atoms with Crippen molar-refractivity contribution in [3.63, 3.8) is 0 Å². The highest BCUT2D eigenvalue weighted by Gasteiger charge is 2.51. The van der Waals surface area contributed by atoms with Gasteiger partial charge in [0.2, 0.25) is 11.4 Å². The van der Waals surface area contributed by atoms with Crippen molar-refractivity contribution >= 4 is 119 Å². The third-order valence-corrected chi connectivity index (χ3v) is 30.8. The van der Waals surface area contributed by atoms with E-state index in [1.165, 1.54) is 18.2 Å². The Hall–Kier alpha value is -8.81. The Morgan fingerprint density at radius 3 is 1.36 bits per heavy atom. The van der Waals surface area contributed by atoms with Crippen LogP contribution < -0.4 is 15.5 Å². The molecule has 3 saturated heterocycles. The molecule has 0 bridgehead atoms. The van der Waals surface area contributed by atoms with Crippen LogP contribution in [0.1, 0.15) is 224 Å². The molecular weight excluding hydrogens is 2030 g/mol. The van der Waals surface area contributed by atoms with Crippen LogP contribution in [0, 0.1) is 6.92 Å². The van der Waals surface area contributed by atoms with Gasteiger partial charge in [-0.15, -0.1) is 17.7 Å². The fraction of sp³-hybridized carbons (Fsp3) is 0.576. The number of anilines is 2. The maximum atomic E-state index is 12.8. The molecule has 41 nitrogen and oxygen atoms in total. The SMILES string of the molecule is CC1(C)C(/C=C/C=C/C=C2/N(CCCS(=O)(=O)O)c3ccccc3C2(C)CCCCCC(=O)CCCCCO[C@H]2O[C@H](CO)[C@@H](O)[C@H](O)[C@@H]2O)=[N+](CCCS(=O)(=O)[O-])c2ccc(S(=O)(=O)O)cc21.CCCC[N+]1=C(/C=C/C=C/C=C2/N(CCCS(=O)(=O)O)c3ccc(C)cc3C2(C)CCCCCC(=O)ON2C(=O)CCC2=O)C(C)(C)c2cc(S(=O)(=O)O)ccc21.NCCCCO[C@H]1O[C@H](CO)[C@@H](O)[C@H](O)[C@@H]1O.O=S(=O)=O. The monoisotopic (exact) mass is 2170 g/mol. The van der Waals surface area contributed by atoms with Crippen LogP contribution in [0.25, 0.3) is 0 Å². The van der Waals surface area contributed by atoms with E-state index >= 15 is 0 Å². The number of rotatable bonds is 50. The molecule has 7 heterocycles. The van der Waals surface area contributed by atoms with Crippen LogP contribution in [0.3, 0.4) is 0 Å². The lowest BCUT2D eigenvalue weighted by Crippen LogP contribution is -2.59. The summed E-state index contributed by atoms with van der Waals surface area (Å²) in [6.45, 7) is 17.8. The van der Waals surface area contributed by atoms with Crippen molar-refractivity contribution in [2.75, 3.05) is 86.2 Å². The first-order chi connectivity index (χ1) is 68.5. The summed E-state index contributed by atoms with van der Waals surface area (Å²) >= 11 is 0. The second-order valence-corrected chi connectivity index (χ2v) is 46.2. The molecule has 0 radical (unpaired) electrons. The van der Waals surface area contributed by atoms with Gasteiger partial charge >= 0.3 is 16.6 Å². The highest BCUT2D eigenvalue weighted by Crippen LogP contribution is 2.53. The molecule has 2 amide bonds. The number of carbonyl (C=O) groups excluding carboxylic acids is 4. The van der Waals surface area contributed by atoms with Crippen LogP contribution in [-0.4, -0.2) is 305 Å². The third-order valence-electron chi connectivity index (χ3n) is 26.7. The molecule has 812 valence electrons. The molecule has 2 unspecified atom stereocenters. The lowest BCUT2D eigenvalue weighted by atomic mass is 9.76. The molecule has 7 aliphatic rings. The van der Waals surface area contributed by atoms with Gasteiger partial charge in [0, 0.05) is 146 Å². The van der Waals surface area contributed by atoms with Gasteiger partial charge in [0.05, 0.1) is 55.5 Å². The van der Waals surface area contributed by atoms with Crippen LogP contribution >= 0.6 is 0 Å². The lowest BCUT2D eigenvalue weighted by Gasteiger charge is -2.39. The maximum Gasteiger partial charge on any atom is 0.425 e. The fourth-order valence-corrected chi connectivity index (χ4v) is 21.5. The Morgan fingerprint density at radius 1 is 0.500 bits per heavy atom. The number of hydroxylamine groups is 2. The molecule has 14 N–H and O–H groups in total. The van der Waals surface area contributed by atoms with Gasteiger partial charge in [0.25, 0.3) is 52.3 Å². The van der Waals surface area contributed by atoms with E-state index in [1.807, 2.05) is 130 Å². The average molecular weight is 2170 g/mol. The van der Waals surface area contributed by atoms with Crippen molar-refractivity contribution in [1.29, 1.82) is 0 Å². The average Bonchev–Trinajstić information content (AvgIpc) is 1.61. The van der Waals surface area contributed by atoms with E-state index in [2.05, 4.69) is 41.2 Å². The molecule has 12 atom stereocenters. The maximum absolute atomic E-state index is 12.8. The molecule has 0 aliphatic carbocycles. The summed E-state index contributed by atoms with van der Waals surface area (Å²) in [6.07, 6.45) is 18.6. The van der Waals surface area contributed by atoms with Crippen LogP contribution in [0.5, 0.6) is 0 Å². The lowest BCUT2D eigenvalue weighted by molar-refractivity contribution is -0.438. The topological polar surface area (TPSA) is 644 Å². The normalized spacial score (nSPS) is 24.0. The Morgan fingerprint density at radius 2 is 0.925 bits per heavy atom. The van der Waals surface area contributed by atoms with Gasteiger partial charge in [-0.05, 0) is 179 Å². The number of imide groups is 1. The van der Waals surface area contributed by atoms with E-state index in [0.29, 0.717) is 119 Å². The molecule has 0 saturated carbocycles. The summed E-state index contributed by atoms with van der Waals surface area (Å²) in [7, 11) is -24.9. The number of hydrogen-bond donors (Lipinski definition) is 13. The van der Waals surface area contributed by atoms with Gasteiger partial charge in [-0.3, -0.25) is 32.6 Å². The van der Waals surface area contributed by atoms with Crippen molar-refractivity contribution < 1.29 is 170 Å². The second-order valence-electron chi connectivity index (χ2n) is 38.3. The molecular formula is C99H141N6O35S6+. The van der Waals surface area contributed by atoms with Gasteiger partial charge in [-0.25, -0.2) is 13.2 Å². The molecule has 4 aromatic rings. The van der Waals surface area contributed by atoms with Crippen molar-refractivity contribution in [3.05, 3.63) is 179 Å². The van der Waals surface area contributed by atoms with Gasteiger partial charge in [-0.2, -0.15) is 42.8 Å². The van der Waals surface area contributed by atoms with Crippen molar-refractivity contribution in [2.45, 2.75) is 296 Å². The smallest absolute Gasteiger partial charge is 0.425 e. The van der Waals surface area contributed by atoms with E-state index in [0.717, 1.165) is 101 Å². The van der Waals surface area contributed by atoms with E-state index < -0.39 is 187 Å². The number of fused-ring (bicyclic) bond motifs is 4. The molecule has 4 aromatic carbocycles. The number of carbonyl (C=O) groups is 4. The second kappa shape index (κ2) is 54.8. The zero-order valence-corrected chi connectivity index (χ0v) is 88.2. The number of hydrogen-bond acceptors (Lipinski definition) is 34. The van der Waals surface area contributed by atoms with Gasteiger partial charge in [0.1, 0.15) is 67.7 Å². The number of unbranched alkanes of at least 4 members (excludes halogenated alkanes) is 8. The standard InChI is InChI=1S/C47H66N2O16S3.C42H53N3O10S2.C10H21NO6.O3S/c1-46(2)36-31-34(68(61,62)63)23-24-38(36)48(26-15-29-66(55,56)57)40(46)21-9-4-10-22-41-47(3,35-19-11-12-20-37(35)49(41)27-16-30-67(58,59)60)25-13-5-7-17-33(51)18-8-6-14-28-64-45-44(54)43(53)42(52)39(32-50)65-45;1-6-7-25-43-34-21-19-31(57(52,53)54)29-32(34)41(3,4)36(43)15-10-8-11-16-37-42(5,24-13-9-12-17-40(48)55-45-38(46)22-23-39(45)47)33-28-30(2)18-20-35(33)44(37)26-14-27-56(49,50)51;11-3-1-2-4-16-10-9(15)8(14)7(13)6(5-12)17-10;1-4(2)3/h4,9-12,19-24,31,39,42-45,50,52-54H,5-8,13-18,25-30,32H2,1-3H3,(H2-,55,56,57,58,59,60,61,62,63);8,10-11,15-16,18-21,28-29H,6-7,9,12-14,17,22-27H2,1-5H3,(H-,49,50,51,52,53,54);6-10,12-15H,1-5,11H2;/p+1/t39-,42-,43+,44+,45+,47?;;6-,7-,8+,9+,10+;/m1.1./s1. The van der Waals surface area contributed by atoms with Crippen molar-refractivity contribution in [3.8, 4) is 0 Å². The summed E-state index contributed by atoms with van der Waals surface area (Å²) in [5.41, 5.74) is 14.5. The number of para-hydroxylation sites is 1. The molecule has 7 aliphatic heterocycles. The van der Waals surface area contributed by atoms with Crippen LogP contribution in [0.15, 0.2) is 161 Å². The first-order valence-corrected chi connectivity index (χ1v) is 57.3. The number of ether oxygens (including phenoxy) is 4. The van der Waals surface area contributed by atoms with Crippen molar-refractivity contribution in [2.24, 2.45) is 5.73 Å². The highest BCUT2D eigenvalue weighted by atomic mass is 32.2. The van der Waals surface area contributed by atoms with Crippen molar-refractivity contribution in [1.82, 2.24) is 5.06 Å². The minimum Gasteiger partial charge on any atom is -0.748 e. The summed E-state index contributed by atoms with van der Waals surface area (Å²) in [5, 5.41) is 77.5. The molecule has 11 rings (SSSR count). The summed E-state index contributed by atoms with van der Waals surface area (Å²) in [6, 6.07) is 23.0. The molecule has 47 heteroatoms. The number of amides is 2. The van der Waals surface area contributed by atoms with Crippen LogP contribution in [0.4, 0.5) is 22.7 Å². The first-order valence-electron chi connectivity index (χ1n) is 48.7. The number of nitrogens with zero attached hydrogens (tertiary/aromatic N) is 5. The Labute approximate surface area is 855 Å². The number of aryl methyl sites for hydroxylation is 1. The van der Waals surface area contributed by atoms with E-state index in [1.54, 1.807) is 24.3 Å². The molecule has 146 heavy (non-hydrogen) atoms. The summed E-state index contributed by atoms with van der Waals surface area (Å²) < 4.78 is 219. The van der Waals surface area contributed by atoms with E-state index in [9.17, 15) is 120 Å². The van der Waals surface area contributed by atoms with Crippen LogP contribution in [-0.2, 0) is 126 Å². The minimum absolute atomic E-state index is 0.0152. The molecule has 0 spiro atoms. The molecule has 3 fully saturated rings. The van der Waals surface area contributed by atoms with Gasteiger partial charge in [0.15, 0.2) is 24.0 Å². The number of allylic oxidation sites excluding steroid dienone is 12. The zero-order valence-electron chi connectivity index (χ0n) is 83.3.